The number of aromatic nitrogens is 4. The van der Waals surface area contributed by atoms with E-state index < -0.39 is 0 Å². The van der Waals surface area contributed by atoms with Gasteiger partial charge in [0.1, 0.15) is 4.83 Å². The van der Waals surface area contributed by atoms with E-state index in [-0.39, 0.29) is 11.7 Å². The monoisotopic (exact) mass is 440 g/mol. The molecule has 1 atom stereocenters. The van der Waals surface area contributed by atoms with E-state index in [9.17, 15) is 4.79 Å². The molecule has 0 saturated heterocycles. The third-order valence-electron chi connectivity index (χ3n) is 5.82. The highest BCUT2D eigenvalue weighted by Crippen LogP contribution is 2.37. The minimum Gasteiger partial charge on any atom is -0.372 e. The molecule has 8 heteroatoms. The van der Waals surface area contributed by atoms with E-state index in [0.29, 0.717) is 24.8 Å². The number of hydrogen-bond acceptors (Lipinski definition) is 6. The molecule has 6 nitrogen and oxygen atoms in total. The van der Waals surface area contributed by atoms with E-state index in [2.05, 4.69) is 40.6 Å². The topological polar surface area (TPSA) is 61.4 Å². The van der Waals surface area contributed by atoms with Gasteiger partial charge in [-0.25, -0.2) is 4.40 Å². The summed E-state index contributed by atoms with van der Waals surface area (Å²) in [5, 5.41) is 10.4. The molecule has 1 aliphatic rings. The summed E-state index contributed by atoms with van der Waals surface area (Å²) in [6.45, 7) is 5.49. The Hall–Kier alpha value is -2.16. The molecule has 0 spiro atoms. The van der Waals surface area contributed by atoms with Crippen LogP contribution in [-0.4, -0.2) is 31.5 Å². The van der Waals surface area contributed by atoms with Crippen molar-refractivity contribution in [3.63, 3.8) is 0 Å². The van der Waals surface area contributed by atoms with Gasteiger partial charge in [0, 0.05) is 17.8 Å². The first kappa shape index (κ1) is 19.8. The van der Waals surface area contributed by atoms with Crippen molar-refractivity contribution in [3.8, 4) is 0 Å². The van der Waals surface area contributed by atoms with Crippen LogP contribution in [0.25, 0.3) is 16.0 Å². The van der Waals surface area contributed by atoms with Crippen molar-refractivity contribution in [1.29, 1.82) is 0 Å². The van der Waals surface area contributed by atoms with Crippen LogP contribution in [-0.2, 0) is 30.7 Å². The molecule has 0 amide bonds. The van der Waals surface area contributed by atoms with E-state index in [0.717, 1.165) is 38.7 Å². The molecule has 4 aromatic rings. The lowest BCUT2D eigenvalue weighted by Gasteiger charge is -2.26. The Morgan fingerprint density at radius 1 is 1.27 bits per heavy atom. The molecule has 156 valence electrons. The van der Waals surface area contributed by atoms with Crippen molar-refractivity contribution >= 4 is 39.1 Å². The molecule has 30 heavy (non-hydrogen) atoms. The lowest BCUT2D eigenvalue weighted by molar-refractivity contribution is 0.00200. The quantitative estimate of drug-likeness (QED) is 0.436. The van der Waals surface area contributed by atoms with Crippen molar-refractivity contribution in [2.75, 3.05) is 6.26 Å². The van der Waals surface area contributed by atoms with E-state index in [1.807, 2.05) is 24.5 Å². The standard InChI is InChI=1S/C22H24N4O2S2/c1-13(2)16-11-15-17(12-28-16)30-20-18(15)19(27)25(10-9-14-7-5-4-6-8-14)21-23-24-22(29-3)26(20)21/h4-8,13,16H,9-12H2,1-3H3/t16-/m0/s1. The second-order valence-electron chi connectivity index (χ2n) is 8.00. The zero-order chi connectivity index (χ0) is 20.8. The predicted octanol–water partition coefficient (Wildman–Crippen LogP) is 4.17. The third kappa shape index (κ3) is 3.18. The molecule has 1 aromatic carbocycles. The van der Waals surface area contributed by atoms with Crippen molar-refractivity contribution in [2.24, 2.45) is 5.92 Å². The Labute approximate surface area is 182 Å². The van der Waals surface area contributed by atoms with E-state index in [4.69, 9.17) is 4.74 Å². The summed E-state index contributed by atoms with van der Waals surface area (Å²) in [6, 6.07) is 10.3. The van der Waals surface area contributed by atoms with Gasteiger partial charge in [0.25, 0.3) is 5.56 Å². The molecule has 0 bridgehead atoms. The normalized spacial score (nSPS) is 16.6. The minimum atomic E-state index is 0.0374. The summed E-state index contributed by atoms with van der Waals surface area (Å²) in [5.41, 5.74) is 2.39. The first-order valence-corrected chi connectivity index (χ1v) is 12.2. The highest BCUT2D eigenvalue weighted by molar-refractivity contribution is 7.98. The Kier molecular flexibility index (Phi) is 5.16. The molecule has 0 unspecified atom stereocenters. The van der Waals surface area contributed by atoms with Crippen LogP contribution in [0.5, 0.6) is 0 Å². The smallest absolute Gasteiger partial charge is 0.263 e. The number of nitrogens with zero attached hydrogens (tertiary/aromatic N) is 4. The molecule has 0 radical (unpaired) electrons. The number of rotatable bonds is 5. The van der Waals surface area contributed by atoms with Crippen LogP contribution in [0.15, 0.2) is 40.3 Å². The largest absolute Gasteiger partial charge is 0.372 e. The first-order valence-electron chi connectivity index (χ1n) is 10.2. The summed E-state index contributed by atoms with van der Waals surface area (Å²) in [4.78, 5) is 15.8. The van der Waals surface area contributed by atoms with Crippen molar-refractivity contribution in [3.05, 3.63) is 56.7 Å². The maximum absolute atomic E-state index is 13.7. The average Bonchev–Trinajstić information content (AvgIpc) is 3.35. The first-order chi connectivity index (χ1) is 14.6. The molecule has 5 rings (SSSR count). The van der Waals surface area contributed by atoms with Crippen molar-refractivity contribution in [2.45, 2.75) is 51.1 Å². The molecule has 0 fully saturated rings. The maximum Gasteiger partial charge on any atom is 0.263 e. The summed E-state index contributed by atoms with van der Waals surface area (Å²) in [6.07, 6.45) is 3.69. The number of aryl methyl sites for hydroxylation is 2. The zero-order valence-electron chi connectivity index (χ0n) is 17.3. The Balaban J connectivity index is 1.71. The molecule has 3 aromatic heterocycles. The van der Waals surface area contributed by atoms with Crippen LogP contribution in [0.4, 0.5) is 0 Å². The molecular weight excluding hydrogens is 416 g/mol. The summed E-state index contributed by atoms with van der Waals surface area (Å²) < 4.78 is 9.93. The number of ether oxygens (including phenoxy) is 1. The maximum atomic E-state index is 13.7. The summed E-state index contributed by atoms with van der Waals surface area (Å²) in [7, 11) is 0. The number of fused-ring (bicyclic) bond motifs is 5. The molecule has 0 N–H and O–H groups in total. The van der Waals surface area contributed by atoms with Gasteiger partial charge < -0.3 is 4.74 Å². The van der Waals surface area contributed by atoms with E-state index >= 15 is 0 Å². The Morgan fingerprint density at radius 2 is 2.07 bits per heavy atom. The fourth-order valence-corrected chi connectivity index (χ4v) is 5.92. The third-order valence-corrected chi connectivity index (χ3v) is 7.64. The average molecular weight is 441 g/mol. The van der Waals surface area contributed by atoms with Crippen molar-refractivity contribution < 1.29 is 4.74 Å². The Morgan fingerprint density at radius 3 is 2.80 bits per heavy atom. The van der Waals surface area contributed by atoms with Gasteiger partial charge in [-0.2, -0.15) is 0 Å². The predicted molar refractivity (Wildman–Crippen MR) is 122 cm³/mol. The molecular formula is C22H24N4O2S2. The fraction of sp³-hybridized carbons (Fsp3) is 0.409. The lowest BCUT2D eigenvalue weighted by Crippen LogP contribution is -2.29. The number of thioether (sulfide) groups is 1. The SMILES string of the molecule is CSc1nnc2n(CCc3ccccc3)c(=O)c3c4c(sc3n12)CO[C@H](C(C)C)C4. The highest BCUT2D eigenvalue weighted by Gasteiger charge is 2.29. The highest BCUT2D eigenvalue weighted by atomic mass is 32.2. The van der Waals surface area contributed by atoms with Gasteiger partial charge in [-0.1, -0.05) is 55.9 Å². The van der Waals surface area contributed by atoms with Gasteiger partial charge in [-0.15, -0.1) is 21.5 Å². The van der Waals surface area contributed by atoms with Crippen LogP contribution in [0, 0.1) is 5.92 Å². The number of benzene rings is 1. The lowest BCUT2D eigenvalue weighted by atomic mass is 9.96. The van der Waals surface area contributed by atoms with Gasteiger partial charge in [-0.3, -0.25) is 9.36 Å². The number of hydrogen-bond donors (Lipinski definition) is 0. The van der Waals surface area contributed by atoms with Gasteiger partial charge in [0.15, 0.2) is 5.16 Å². The van der Waals surface area contributed by atoms with Crippen LogP contribution >= 0.6 is 23.1 Å². The van der Waals surface area contributed by atoms with Crippen molar-refractivity contribution in [1.82, 2.24) is 19.2 Å². The fourth-order valence-electron chi connectivity index (χ4n) is 4.14. The zero-order valence-corrected chi connectivity index (χ0v) is 18.9. The molecule has 1 aliphatic heterocycles. The summed E-state index contributed by atoms with van der Waals surface area (Å²) in [5.74, 6) is 1.03. The van der Waals surface area contributed by atoms with E-state index in [1.54, 1.807) is 27.7 Å². The van der Waals surface area contributed by atoms with Gasteiger partial charge in [0.05, 0.1) is 18.1 Å². The molecule has 0 aliphatic carbocycles. The number of thiophene rings is 1. The summed E-state index contributed by atoms with van der Waals surface area (Å²) >= 11 is 3.20. The second-order valence-corrected chi connectivity index (χ2v) is 9.85. The van der Waals surface area contributed by atoms with Crippen LogP contribution in [0.3, 0.4) is 0 Å². The van der Waals surface area contributed by atoms with Crippen LogP contribution < -0.4 is 5.56 Å². The molecule has 0 saturated carbocycles. The van der Waals surface area contributed by atoms with E-state index in [1.165, 1.54) is 5.56 Å². The van der Waals surface area contributed by atoms with Gasteiger partial charge >= 0.3 is 0 Å². The minimum absolute atomic E-state index is 0.0374. The second kappa shape index (κ2) is 7.83. The Bertz CT molecular complexity index is 1270. The van der Waals surface area contributed by atoms with Crippen LogP contribution in [0.2, 0.25) is 0 Å². The molecule has 4 heterocycles. The van der Waals surface area contributed by atoms with Gasteiger partial charge in [0.2, 0.25) is 5.78 Å². The van der Waals surface area contributed by atoms with Gasteiger partial charge in [-0.05, 0) is 29.7 Å². The van der Waals surface area contributed by atoms with Crippen LogP contribution in [0.1, 0.15) is 29.9 Å².